The molecule has 1 aromatic heterocycles. The highest BCUT2D eigenvalue weighted by Gasteiger charge is 2.28. The number of thiophene rings is 1. The number of unbranched alkanes of at least 4 members (excludes halogenated alkanes) is 2. The summed E-state index contributed by atoms with van der Waals surface area (Å²) in [5.41, 5.74) is 5.90. The predicted octanol–water partition coefficient (Wildman–Crippen LogP) is 4.89. The van der Waals surface area contributed by atoms with Crippen molar-refractivity contribution < 1.29 is 4.84 Å². The fourth-order valence-electron chi connectivity index (χ4n) is 2.91. The lowest BCUT2D eigenvalue weighted by atomic mass is 10.2. The van der Waals surface area contributed by atoms with Crippen LogP contribution < -0.4 is 5.73 Å². The van der Waals surface area contributed by atoms with Gasteiger partial charge in [0.1, 0.15) is 6.04 Å². The average molecular weight is 416 g/mol. The quantitative estimate of drug-likeness (QED) is 0.558. The molecule has 0 radical (unpaired) electrons. The minimum Gasteiger partial charge on any atom is -0.388 e. The Morgan fingerprint density at radius 1 is 1.17 bits per heavy atom. The molecule has 0 saturated carbocycles. The van der Waals surface area contributed by atoms with Gasteiger partial charge in [0, 0.05) is 17.5 Å². The number of hydrogen-bond donors (Lipinski definition) is 1. The van der Waals surface area contributed by atoms with Gasteiger partial charge in [-0.3, -0.25) is 0 Å². The zero-order valence-electron chi connectivity index (χ0n) is 14.8. The summed E-state index contributed by atoms with van der Waals surface area (Å²) in [6.45, 7) is 8.95. The number of hydrogen-bond acceptors (Lipinski definition) is 5. The second-order valence-electron chi connectivity index (χ2n) is 6.29. The third-order valence-electron chi connectivity index (χ3n) is 4.25. The maximum absolute atomic E-state index is 5.90. The number of hydroxylamine groups is 2. The maximum atomic E-state index is 5.90. The molecule has 0 aromatic carbocycles. The van der Waals surface area contributed by atoms with Gasteiger partial charge in [0.15, 0.2) is 0 Å². The van der Waals surface area contributed by atoms with Crippen molar-refractivity contribution in [2.24, 2.45) is 5.73 Å². The van der Waals surface area contributed by atoms with Gasteiger partial charge in [0.05, 0.1) is 3.79 Å². The van der Waals surface area contributed by atoms with Crippen LogP contribution in [0, 0.1) is 0 Å². The topological polar surface area (TPSA) is 41.7 Å². The standard InChI is InChI=1S/C18H30BrN3OS/c1-3-5-10-21(11-6-4-2)12-7-13-22-15(14-18(20)23-22)16-8-9-17(19)24-16/h8-9,14-15H,3-7,10-13,20H2,1-2H3. The molecule has 2 N–H and O–H groups in total. The van der Waals surface area contributed by atoms with Crippen LogP contribution in [0.25, 0.3) is 0 Å². The Labute approximate surface area is 158 Å². The van der Waals surface area contributed by atoms with Gasteiger partial charge < -0.3 is 15.5 Å². The fraction of sp³-hybridized carbons (Fsp3) is 0.667. The summed E-state index contributed by atoms with van der Waals surface area (Å²) in [5.74, 6) is 0.512. The third-order valence-corrected chi connectivity index (χ3v) is 5.94. The van der Waals surface area contributed by atoms with Crippen molar-refractivity contribution >= 4 is 27.3 Å². The second kappa shape index (κ2) is 10.4. The molecule has 4 nitrogen and oxygen atoms in total. The Morgan fingerprint density at radius 3 is 2.42 bits per heavy atom. The van der Waals surface area contributed by atoms with E-state index in [1.54, 1.807) is 11.3 Å². The van der Waals surface area contributed by atoms with Crippen LogP contribution in [0.1, 0.15) is 56.9 Å². The van der Waals surface area contributed by atoms with E-state index in [1.165, 1.54) is 43.6 Å². The van der Waals surface area contributed by atoms with E-state index in [-0.39, 0.29) is 6.04 Å². The van der Waals surface area contributed by atoms with E-state index in [9.17, 15) is 0 Å². The molecule has 136 valence electrons. The van der Waals surface area contributed by atoms with Crippen molar-refractivity contribution in [3.05, 3.63) is 32.8 Å². The highest BCUT2D eigenvalue weighted by Crippen LogP contribution is 2.35. The Morgan fingerprint density at radius 2 is 1.83 bits per heavy atom. The molecule has 1 unspecified atom stereocenters. The Hall–Kier alpha value is -0.560. The summed E-state index contributed by atoms with van der Waals surface area (Å²) in [7, 11) is 0. The van der Waals surface area contributed by atoms with Crippen LogP contribution in [0.4, 0.5) is 0 Å². The lowest BCUT2D eigenvalue weighted by molar-refractivity contribution is -0.120. The van der Waals surface area contributed by atoms with Crippen LogP contribution in [-0.2, 0) is 4.84 Å². The molecule has 1 aliphatic heterocycles. The van der Waals surface area contributed by atoms with E-state index in [0.717, 1.165) is 23.3 Å². The summed E-state index contributed by atoms with van der Waals surface area (Å²) in [5, 5.41) is 2.02. The van der Waals surface area contributed by atoms with Gasteiger partial charge in [-0.15, -0.1) is 16.4 Å². The summed E-state index contributed by atoms with van der Waals surface area (Å²) in [6, 6.07) is 4.36. The number of rotatable bonds is 11. The Bertz CT molecular complexity index is 512. The van der Waals surface area contributed by atoms with Crippen molar-refractivity contribution in [1.29, 1.82) is 0 Å². The molecule has 0 amide bonds. The van der Waals surface area contributed by atoms with Crippen LogP contribution >= 0.6 is 27.3 Å². The van der Waals surface area contributed by atoms with E-state index >= 15 is 0 Å². The first-order chi connectivity index (χ1) is 11.6. The van der Waals surface area contributed by atoms with Gasteiger partial charge in [-0.2, -0.15) is 0 Å². The zero-order chi connectivity index (χ0) is 17.4. The molecule has 0 saturated heterocycles. The van der Waals surface area contributed by atoms with Crippen LogP contribution in [0.2, 0.25) is 0 Å². The molecule has 0 bridgehead atoms. The summed E-state index contributed by atoms with van der Waals surface area (Å²) < 4.78 is 1.14. The largest absolute Gasteiger partial charge is 0.388 e. The fourth-order valence-corrected chi connectivity index (χ4v) is 4.40. The van der Waals surface area contributed by atoms with Gasteiger partial charge in [0.2, 0.25) is 5.88 Å². The summed E-state index contributed by atoms with van der Waals surface area (Å²) in [4.78, 5) is 9.58. The van der Waals surface area contributed by atoms with E-state index in [0.29, 0.717) is 5.88 Å². The monoisotopic (exact) mass is 415 g/mol. The number of halogens is 1. The van der Waals surface area contributed by atoms with E-state index < -0.39 is 0 Å². The molecular weight excluding hydrogens is 386 g/mol. The molecule has 1 atom stereocenters. The van der Waals surface area contributed by atoms with Gasteiger partial charge in [0.25, 0.3) is 0 Å². The lowest BCUT2D eigenvalue weighted by Gasteiger charge is -2.25. The van der Waals surface area contributed by atoms with Crippen LogP contribution in [0.15, 0.2) is 27.9 Å². The van der Waals surface area contributed by atoms with E-state index in [2.05, 4.69) is 46.8 Å². The Balaban J connectivity index is 1.83. The summed E-state index contributed by atoms with van der Waals surface area (Å²) in [6.07, 6.45) is 8.18. The minimum absolute atomic E-state index is 0.140. The van der Waals surface area contributed by atoms with Crippen molar-refractivity contribution in [3.8, 4) is 0 Å². The molecule has 1 aromatic rings. The van der Waals surface area contributed by atoms with Crippen LogP contribution in [-0.4, -0.2) is 36.1 Å². The van der Waals surface area contributed by atoms with Gasteiger partial charge >= 0.3 is 0 Å². The Kier molecular flexibility index (Phi) is 8.59. The average Bonchev–Trinajstić information content (AvgIpc) is 3.15. The maximum Gasteiger partial charge on any atom is 0.207 e. The van der Waals surface area contributed by atoms with Crippen LogP contribution in [0.5, 0.6) is 0 Å². The highest BCUT2D eigenvalue weighted by molar-refractivity contribution is 9.11. The second-order valence-corrected chi connectivity index (χ2v) is 8.78. The van der Waals surface area contributed by atoms with Gasteiger partial charge in [-0.05, 0) is 67.0 Å². The van der Waals surface area contributed by atoms with Gasteiger partial charge in [-0.25, -0.2) is 0 Å². The normalized spacial score (nSPS) is 18.2. The van der Waals surface area contributed by atoms with Gasteiger partial charge in [-0.1, -0.05) is 26.7 Å². The van der Waals surface area contributed by atoms with E-state index in [1.807, 2.05) is 11.1 Å². The highest BCUT2D eigenvalue weighted by atomic mass is 79.9. The predicted molar refractivity (Wildman–Crippen MR) is 106 cm³/mol. The molecular formula is C18H30BrN3OS. The summed E-state index contributed by atoms with van der Waals surface area (Å²) >= 11 is 5.27. The molecule has 6 heteroatoms. The molecule has 24 heavy (non-hydrogen) atoms. The van der Waals surface area contributed by atoms with Crippen LogP contribution in [0.3, 0.4) is 0 Å². The smallest absolute Gasteiger partial charge is 0.207 e. The first-order valence-corrected chi connectivity index (χ1v) is 10.6. The lowest BCUT2D eigenvalue weighted by Crippen LogP contribution is -2.31. The zero-order valence-corrected chi connectivity index (χ0v) is 17.2. The minimum atomic E-state index is 0.140. The van der Waals surface area contributed by atoms with Crippen molar-refractivity contribution in [1.82, 2.24) is 9.96 Å². The molecule has 2 heterocycles. The first-order valence-electron chi connectivity index (χ1n) is 9.03. The number of nitrogens with zero attached hydrogens (tertiary/aromatic N) is 2. The molecule has 0 spiro atoms. The van der Waals surface area contributed by atoms with Crippen molar-refractivity contribution in [2.75, 3.05) is 26.2 Å². The molecule has 1 aliphatic rings. The molecule has 0 fully saturated rings. The first kappa shape index (κ1) is 19.8. The molecule has 2 rings (SSSR count). The van der Waals surface area contributed by atoms with Crippen molar-refractivity contribution in [3.63, 3.8) is 0 Å². The SMILES string of the molecule is CCCCN(CCCC)CCCN1OC(N)=CC1c1ccc(Br)s1. The van der Waals surface area contributed by atoms with Crippen molar-refractivity contribution in [2.45, 2.75) is 52.0 Å². The third kappa shape index (κ3) is 6.06. The number of nitrogens with two attached hydrogens (primary N) is 1. The van der Waals surface area contributed by atoms with E-state index in [4.69, 9.17) is 10.6 Å². The molecule has 0 aliphatic carbocycles.